The summed E-state index contributed by atoms with van der Waals surface area (Å²) in [5.74, 6) is -0.580. The molecule has 0 heterocycles. The molecule has 21 heavy (non-hydrogen) atoms. The first-order chi connectivity index (χ1) is 9.86. The van der Waals surface area contributed by atoms with Crippen LogP contribution in [0.3, 0.4) is 0 Å². The van der Waals surface area contributed by atoms with Crippen LogP contribution in [0.15, 0.2) is 18.2 Å². The highest BCUT2D eigenvalue weighted by atomic mass is 16.7. The first-order valence-corrected chi connectivity index (χ1v) is 6.81. The molecule has 0 spiro atoms. The molecule has 1 rings (SSSR count). The fourth-order valence-electron chi connectivity index (χ4n) is 1.80. The summed E-state index contributed by atoms with van der Waals surface area (Å²) in [4.78, 5) is 22.2. The molecule has 0 aliphatic rings. The number of para-hydroxylation sites is 1. The van der Waals surface area contributed by atoms with Crippen molar-refractivity contribution in [1.82, 2.24) is 0 Å². The third-order valence-corrected chi connectivity index (χ3v) is 3.01. The summed E-state index contributed by atoms with van der Waals surface area (Å²) < 4.78 is 9.99. The minimum Gasteiger partial charge on any atom is -0.480 e. The van der Waals surface area contributed by atoms with Crippen molar-refractivity contribution in [2.24, 2.45) is 5.73 Å². The number of aryl methyl sites for hydroxylation is 1. The second kappa shape index (κ2) is 7.64. The molecule has 0 radical (unpaired) electrons. The molecule has 6 nitrogen and oxygen atoms in total. The molecule has 0 bridgehead atoms. The van der Waals surface area contributed by atoms with Crippen LogP contribution in [0.4, 0.5) is 4.79 Å². The molecule has 0 aliphatic carbocycles. The predicted molar refractivity (Wildman–Crippen MR) is 77.5 cm³/mol. The van der Waals surface area contributed by atoms with Crippen LogP contribution in [-0.2, 0) is 16.0 Å². The number of benzene rings is 1. The molecule has 6 heteroatoms. The van der Waals surface area contributed by atoms with E-state index in [4.69, 9.17) is 20.3 Å². The molecule has 116 valence electrons. The minimum atomic E-state index is -1.26. The van der Waals surface area contributed by atoms with Crippen LogP contribution in [0.1, 0.15) is 37.8 Å². The molecule has 0 aliphatic heterocycles. The Morgan fingerprint density at radius 2 is 2.00 bits per heavy atom. The van der Waals surface area contributed by atoms with Crippen molar-refractivity contribution in [3.05, 3.63) is 29.3 Å². The Balaban J connectivity index is 2.82. The number of carboxylic acids is 1. The molecule has 0 unspecified atom stereocenters. The molecule has 0 fully saturated rings. The van der Waals surface area contributed by atoms with Crippen molar-refractivity contribution in [1.29, 1.82) is 0 Å². The molecule has 0 aromatic heterocycles. The maximum Gasteiger partial charge on any atom is 0.513 e. The summed E-state index contributed by atoms with van der Waals surface area (Å²) in [5.41, 5.74) is 7.05. The first-order valence-electron chi connectivity index (χ1n) is 6.81. The number of ether oxygens (including phenoxy) is 2. The highest BCUT2D eigenvalue weighted by Gasteiger charge is 2.19. The van der Waals surface area contributed by atoms with Gasteiger partial charge in [0.1, 0.15) is 18.4 Å². The fraction of sp³-hybridized carbons (Fsp3) is 0.467. The Labute approximate surface area is 123 Å². The smallest absolute Gasteiger partial charge is 0.480 e. The number of nitrogens with two attached hydrogens (primary N) is 1. The zero-order chi connectivity index (χ0) is 16.0. The molecule has 1 aromatic carbocycles. The van der Waals surface area contributed by atoms with Crippen LogP contribution in [0.2, 0.25) is 0 Å². The Morgan fingerprint density at radius 3 is 2.52 bits per heavy atom. The normalized spacial score (nSPS) is 12.0. The summed E-state index contributed by atoms with van der Waals surface area (Å²) in [6.45, 7) is 5.51. The summed E-state index contributed by atoms with van der Waals surface area (Å²) in [6.07, 6.45) is -0.243. The van der Waals surface area contributed by atoms with Gasteiger partial charge in [0.2, 0.25) is 0 Å². The topological polar surface area (TPSA) is 98.9 Å². The van der Waals surface area contributed by atoms with E-state index in [2.05, 4.69) is 0 Å². The van der Waals surface area contributed by atoms with Gasteiger partial charge in [0.25, 0.3) is 0 Å². The van der Waals surface area contributed by atoms with E-state index in [1.54, 1.807) is 0 Å². The Morgan fingerprint density at radius 1 is 1.33 bits per heavy atom. The van der Waals surface area contributed by atoms with Crippen molar-refractivity contribution in [3.63, 3.8) is 0 Å². The van der Waals surface area contributed by atoms with Gasteiger partial charge in [0, 0.05) is 0 Å². The van der Waals surface area contributed by atoms with E-state index in [9.17, 15) is 9.59 Å². The van der Waals surface area contributed by atoms with Gasteiger partial charge in [0.05, 0.1) is 0 Å². The minimum absolute atomic E-state index is 0.181. The lowest BCUT2D eigenvalue weighted by molar-refractivity contribution is -0.139. The lowest BCUT2D eigenvalue weighted by atomic mass is 9.98. The van der Waals surface area contributed by atoms with E-state index in [1.165, 1.54) is 0 Å². The van der Waals surface area contributed by atoms with Crippen LogP contribution in [0, 0.1) is 0 Å². The largest absolute Gasteiger partial charge is 0.513 e. The summed E-state index contributed by atoms with van der Waals surface area (Å²) in [5, 5.41) is 8.63. The second-order valence-electron chi connectivity index (χ2n) is 4.95. The molecule has 0 amide bonds. The van der Waals surface area contributed by atoms with Gasteiger partial charge >= 0.3 is 12.1 Å². The predicted octanol–water partition coefficient (Wildman–Crippen LogP) is 2.30. The van der Waals surface area contributed by atoms with E-state index in [0.717, 1.165) is 11.1 Å². The molecule has 0 saturated carbocycles. The lowest BCUT2D eigenvalue weighted by Gasteiger charge is -2.16. The zero-order valence-electron chi connectivity index (χ0n) is 12.5. The Kier molecular flexibility index (Phi) is 6.17. The Hall–Kier alpha value is -2.08. The molecule has 3 N–H and O–H groups in total. The van der Waals surface area contributed by atoms with Gasteiger partial charge in [-0.3, -0.25) is 4.79 Å². The number of rotatable bonds is 6. The average molecular weight is 295 g/mol. The molecular weight excluding hydrogens is 274 g/mol. The zero-order valence-corrected chi connectivity index (χ0v) is 12.5. The van der Waals surface area contributed by atoms with Crippen LogP contribution in [0.5, 0.6) is 5.75 Å². The fourth-order valence-corrected chi connectivity index (χ4v) is 1.80. The van der Waals surface area contributed by atoms with Crippen molar-refractivity contribution in [2.75, 3.05) is 6.61 Å². The number of hydrogen-bond acceptors (Lipinski definition) is 5. The van der Waals surface area contributed by atoms with E-state index >= 15 is 0 Å². The van der Waals surface area contributed by atoms with Gasteiger partial charge < -0.3 is 20.3 Å². The average Bonchev–Trinajstić information content (AvgIpc) is 2.44. The van der Waals surface area contributed by atoms with E-state index in [1.807, 2.05) is 39.0 Å². The lowest BCUT2D eigenvalue weighted by Crippen LogP contribution is -2.36. The van der Waals surface area contributed by atoms with Crippen molar-refractivity contribution < 1.29 is 24.2 Å². The molecule has 0 saturated heterocycles. The standard InChI is InChI=1S/C15H21NO5/c1-4-10-6-5-7-11(9(2)3)13(10)21-15(19)20-8-12(16)14(17)18/h5-7,9,12H,4,8,16H2,1-3H3,(H,17,18)/t12-/m0/s1. The molecular formula is C15H21NO5. The SMILES string of the molecule is CCc1cccc(C(C)C)c1OC(=O)OC[C@H](N)C(=O)O. The van der Waals surface area contributed by atoms with Crippen LogP contribution in [-0.4, -0.2) is 29.9 Å². The summed E-state index contributed by atoms with van der Waals surface area (Å²) in [7, 11) is 0. The number of aliphatic carboxylic acids is 1. The Bertz CT molecular complexity index is 513. The quantitative estimate of drug-likeness (QED) is 0.617. The summed E-state index contributed by atoms with van der Waals surface area (Å²) in [6, 6.07) is 4.41. The van der Waals surface area contributed by atoms with Crippen molar-refractivity contribution in [3.8, 4) is 5.75 Å². The van der Waals surface area contributed by atoms with Gasteiger partial charge in [-0.15, -0.1) is 0 Å². The van der Waals surface area contributed by atoms with Crippen LogP contribution < -0.4 is 10.5 Å². The van der Waals surface area contributed by atoms with Crippen molar-refractivity contribution in [2.45, 2.75) is 39.2 Å². The number of hydrogen-bond donors (Lipinski definition) is 2. The second-order valence-corrected chi connectivity index (χ2v) is 4.95. The van der Waals surface area contributed by atoms with Gasteiger partial charge in [-0.2, -0.15) is 0 Å². The first kappa shape index (κ1) is 17.0. The maximum absolute atomic E-state index is 11.7. The highest BCUT2D eigenvalue weighted by Crippen LogP contribution is 2.30. The number of carbonyl (C=O) groups is 2. The maximum atomic E-state index is 11.7. The monoisotopic (exact) mass is 295 g/mol. The van der Waals surface area contributed by atoms with Crippen LogP contribution in [0.25, 0.3) is 0 Å². The van der Waals surface area contributed by atoms with E-state index in [0.29, 0.717) is 12.2 Å². The molecule has 1 atom stereocenters. The summed E-state index contributed by atoms with van der Waals surface area (Å²) >= 11 is 0. The van der Waals surface area contributed by atoms with E-state index in [-0.39, 0.29) is 5.92 Å². The number of carboxylic acid groups (broad SMARTS) is 1. The van der Waals surface area contributed by atoms with Gasteiger partial charge in [-0.05, 0) is 23.5 Å². The highest BCUT2D eigenvalue weighted by molar-refractivity contribution is 5.74. The van der Waals surface area contributed by atoms with Crippen molar-refractivity contribution >= 4 is 12.1 Å². The molecule has 1 aromatic rings. The van der Waals surface area contributed by atoms with E-state index < -0.39 is 24.8 Å². The van der Waals surface area contributed by atoms with Gasteiger partial charge in [-0.1, -0.05) is 39.0 Å². The van der Waals surface area contributed by atoms with Gasteiger partial charge in [-0.25, -0.2) is 4.79 Å². The third kappa shape index (κ3) is 4.75. The third-order valence-electron chi connectivity index (χ3n) is 3.01. The number of carbonyl (C=O) groups excluding carboxylic acids is 1. The van der Waals surface area contributed by atoms with Crippen LogP contribution >= 0.6 is 0 Å². The van der Waals surface area contributed by atoms with Gasteiger partial charge in [0.15, 0.2) is 0 Å².